The second-order valence-corrected chi connectivity index (χ2v) is 5.22. The molecule has 1 aliphatic rings. The van der Waals surface area contributed by atoms with E-state index in [2.05, 4.69) is 0 Å². The largest absolute Gasteiger partial charge is 0.391 e. The number of ether oxygens (including phenoxy) is 2. The molecule has 1 N–H and O–H groups in total. The fourth-order valence-electron chi connectivity index (χ4n) is 2.32. The van der Waals surface area contributed by atoms with Crippen LogP contribution in [0.15, 0.2) is 30.3 Å². The molecule has 106 valence electrons. The van der Waals surface area contributed by atoms with Crippen molar-refractivity contribution in [3.63, 3.8) is 0 Å². The van der Waals surface area contributed by atoms with Crippen LogP contribution in [-0.2, 0) is 16.1 Å². The maximum atomic E-state index is 14.2. The zero-order valence-electron chi connectivity index (χ0n) is 11.3. The summed E-state index contributed by atoms with van der Waals surface area (Å²) in [5.41, 5.74) is 0.984. The van der Waals surface area contributed by atoms with E-state index in [9.17, 15) is 9.50 Å². The third kappa shape index (κ3) is 3.53. The van der Waals surface area contributed by atoms with E-state index in [1.54, 1.807) is 13.8 Å². The Morgan fingerprint density at radius 3 is 2.74 bits per heavy atom. The van der Waals surface area contributed by atoms with Crippen LogP contribution in [-0.4, -0.2) is 36.2 Å². The van der Waals surface area contributed by atoms with Gasteiger partial charge in [0, 0.05) is 5.92 Å². The molecular weight excluding hydrogens is 247 g/mol. The lowest BCUT2D eigenvalue weighted by Crippen LogP contribution is -2.52. The number of aliphatic hydroxyl groups is 1. The molecule has 0 aromatic heterocycles. The highest BCUT2D eigenvalue weighted by Gasteiger charge is 2.41. The van der Waals surface area contributed by atoms with Crippen molar-refractivity contribution < 1.29 is 19.0 Å². The van der Waals surface area contributed by atoms with Crippen LogP contribution >= 0.6 is 0 Å². The average molecular weight is 268 g/mol. The summed E-state index contributed by atoms with van der Waals surface area (Å²) in [4.78, 5) is 0. The first-order valence-electron chi connectivity index (χ1n) is 6.69. The molecule has 3 nitrogen and oxygen atoms in total. The summed E-state index contributed by atoms with van der Waals surface area (Å²) in [5, 5.41) is 9.68. The molecule has 1 fully saturated rings. The Bertz CT molecular complexity index is 382. The highest BCUT2D eigenvalue weighted by atomic mass is 19.1. The maximum Gasteiger partial charge on any atom is 0.134 e. The van der Waals surface area contributed by atoms with Crippen LogP contribution in [0.3, 0.4) is 0 Å². The van der Waals surface area contributed by atoms with E-state index >= 15 is 0 Å². The Balaban J connectivity index is 2.01. The predicted octanol–water partition coefficient (Wildman–Crippen LogP) is 2.33. The van der Waals surface area contributed by atoms with Gasteiger partial charge < -0.3 is 14.6 Å². The number of benzene rings is 1. The van der Waals surface area contributed by atoms with E-state index in [1.165, 1.54) is 0 Å². The van der Waals surface area contributed by atoms with Gasteiger partial charge in [-0.05, 0) is 12.5 Å². The number of aliphatic hydroxyl groups excluding tert-OH is 1. The Labute approximate surface area is 113 Å². The SMILES string of the molecule is C[C@H](O)[C@H]1OC[C@H](C)[C@H](F)C1OCc1ccccc1. The third-order valence-electron chi connectivity index (χ3n) is 3.49. The molecule has 0 saturated carbocycles. The van der Waals surface area contributed by atoms with E-state index in [0.717, 1.165) is 5.56 Å². The molecule has 1 unspecified atom stereocenters. The molecule has 1 saturated heterocycles. The van der Waals surface area contributed by atoms with Crippen LogP contribution in [0.5, 0.6) is 0 Å². The molecule has 5 atom stereocenters. The molecule has 4 heteroatoms. The van der Waals surface area contributed by atoms with E-state index in [1.807, 2.05) is 30.3 Å². The van der Waals surface area contributed by atoms with E-state index in [-0.39, 0.29) is 5.92 Å². The Kier molecular flexibility index (Phi) is 4.91. The number of alkyl halides is 1. The molecule has 0 bridgehead atoms. The van der Waals surface area contributed by atoms with Crippen LogP contribution in [0, 0.1) is 5.92 Å². The smallest absolute Gasteiger partial charge is 0.134 e. The summed E-state index contributed by atoms with van der Waals surface area (Å²) in [5.74, 6) is -0.212. The second kappa shape index (κ2) is 6.46. The van der Waals surface area contributed by atoms with Crippen molar-refractivity contribution in [3.8, 4) is 0 Å². The second-order valence-electron chi connectivity index (χ2n) is 5.22. The lowest BCUT2D eigenvalue weighted by Gasteiger charge is -2.39. The van der Waals surface area contributed by atoms with Gasteiger partial charge in [0.1, 0.15) is 18.4 Å². The number of halogens is 1. The lowest BCUT2D eigenvalue weighted by molar-refractivity contribution is -0.192. The molecule has 1 heterocycles. The molecule has 0 amide bonds. The third-order valence-corrected chi connectivity index (χ3v) is 3.49. The predicted molar refractivity (Wildman–Crippen MR) is 70.5 cm³/mol. The molecule has 19 heavy (non-hydrogen) atoms. The minimum Gasteiger partial charge on any atom is -0.391 e. The fraction of sp³-hybridized carbons (Fsp3) is 0.600. The first-order chi connectivity index (χ1) is 9.09. The lowest BCUT2D eigenvalue weighted by atomic mass is 9.92. The van der Waals surface area contributed by atoms with Gasteiger partial charge in [0.2, 0.25) is 0 Å². The van der Waals surface area contributed by atoms with Crippen LogP contribution < -0.4 is 0 Å². The first kappa shape index (κ1) is 14.4. The monoisotopic (exact) mass is 268 g/mol. The summed E-state index contributed by atoms with van der Waals surface area (Å²) in [6, 6.07) is 9.61. The minimum atomic E-state index is -1.11. The zero-order chi connectivity index (χ0) is 13.8. The van der Waals surface area contributed by atoms with Crippen molar-refractivity contribution in [2.75, 3.05) is 6.61 Å². The van der Waals surface area contributed by atoms with Crippen molar-refractivity contribution in [2.45, 2.75) is 44.9 Å². The van der Waals surface area contributed by atoms with Crippen LogP contribution in [0.25, 0.3) is 0 Å². The summed E-state index contributed by atoms with van der Waals surface area (Å²) in [6.45, 7) is 4.04. The number of rotatable bonds is 4. The summed E-state index contributed by atoms with van der Waals surface area (Å²) in [6.07, 6.45) is -3.18. The molecule has 2 rings (SSSR count). The Morgan fingerprint density at radius 2 is 2.11 bits per heavy atom. The van der Waals surface area contributed by atoms with Gasteiger partial charge in [0.05, 0.1) is 19.3 Å². The van der Waals surface area contributed by atoms with Crippen molar-refractivity contribution >= 4 is 0 Å². The fourth-order valence-corrected chi connectivity index (χ4v) is 2.32. The standard InChI is InChI=1S/C15H21FO3/c1-10-8-18-14(11(2)17)15(13(10)16)19-9-12-6-4-3-5-7-12/h3-7,10-11,13-15,17H,8-9H2,1-2H3/t10-,11-,13-,14+,15?/m0/s1. The van der Waals surface area contributed by atoms with Gasteiger partial charge in [-0.15, -0.1) is 0 Å². The van der Waals surface area contributed by atoms with Crippen LogP contribution in [0.4, 0.5) is 4.39 Å². The van der Waals surface area contributed by atoms with Crippen molar-refractivity contribution in [2.24, 2.45) is 5.92 Å². The van der Waals surface area contributed by atoms with Gasteiger partial charge in [-0.3, -0.25) is 0 Å². The van der Waals surface area contributed by atoms with Crippen molar-refractivity contribution in [3.05, 3.63) is 35.9 Å². The topological polar surface area (TPSA) is 38.7 Å². The summed E-state index contributed by atoms with van der Waals surface area (Å²) < 4.78 is 25.4. The van der Waals surface area contributed by atoms with Gasteiger partial charge in [-0.1, -0.05) is 37.3 Å². The molecular formula is C15H21FO3. The minimum absolute atomic E-state index is 0.212. The van der Waals surface area contributed by atoms with E-state index < -0.39 is 24.5 Å². The van der Waals surface area contributed by atoms with E-state index in [4.69, 9.17) is 9.47 Å². The van der Waals surface area contributed by atoms with Crippen molar-refractivity contribution in [1.82, 2.24) is 0 Å². The van der Waals surface area contributed by atoms with Crippen molar-refractivity contribution in [1.29, 1.82) is 0 Å². The number of hydrogen-bond donors (Lipinski definition) is 1. The molecule has 0 spiro atoms. The van der Waals surface area contributed by atoms with Gasteiger partial charge in [0.15, 0.2) is 0 Å². The Morgan fingerprint density at radius 1 is 1.42 bits per heavy atom. The van der Waals surface area contributed by atoms with Gasteiger partial charge in [-0.2, -0.15) is 0 Å². The van der Waals surface area contributed by atoms with Gasteiger partial charge in [-0.25, -0.2) is 4.39 Å². The zero-order valence-corrected chi connectivity index (χ0v) is 11.3. The molecule has 0 aliphatic carbocycles. The highest BCUT2D eigenvalue weighted by molar-refractivity contribution is 5.13. The molecule has 0 radical (unpaired) electrons. The van der Waals surface area contributed by atoms with Gasteiger partial charge in [0.25, 0.3) is 0 Å². The average Bonchev–Trinajstić information content (AvgIpc) is 2.41. The van der Waals surface area contributed by atoms with E-state index in [0.29, 0.717) is 13.2 Å². The van der Waals surface area contributed by atoms with Crippen LogP contribution in [0.1, 0.15) is 19.4 Å². The van der Waals surface area contributed by atoms with Gasteiger partial charge >= 0.3 is 0 Å². The van der Waals surface area contributed by atoms with Crippen LogP contribution in [0.2, 0.25) is 0 Å². The first-order valence-corrected chi connectivity index (χ1v) is 6.69. The molecule has 1 aromatic rings. The Hall–Kier alpha value is -0.970. The quantitative estimate of drug-likeness (QED) is 0.911. The summed E-state index contributed by atoms with van der Waals surface area (Å²) >= 11 is 0. The maximum absolute atomic E-state index is 14.2. The number of hydrogen-bond acceptors (Lipinski definition) is 3. The highest BCUT2D eigenvalue weighted by Crippen LogP contribution is 2.28. The normalized spacial score (nSPS) is 33.1. The molecule has 1 aromatic carbocycles. The molecule has 1 aliphatic heterocycles. The summed E-state index contributed by atoms with van der Waals surface area (Å²) in [7, 11) is 0.